The number of nitrogens with zero attached hydrogens (tertiary/aromatic N) is 2. The van der Waals surface area contributed by atoms with Crippen LogP contribution in [0.2, 0.25) is 0 Å². The lowest BCUT2D eigenvalue weighted by molar-refractivity contribution is -0.128. The first-order valence-corrected chi connectivity index (χ1v) is 8.21. The SMILES string of the molecule is CCN(CC)C(=O)CS(=O)(=O)Cc1ccccc1C#N. The van der Waals surface area contributed by atoms with Gasteiger partial charge in [0.25, 0.3) is 0 Å². The minimum absolute atomic E-state index is 0.288. The molecular weight excluding hydrogens is 276 g/mol. The van der Waals surface area contributed by atoms with Crippen molar-refractivity contribution < 1.29 is 13.2 Å². The van der Waals surface area contributed by atoms with Gasteiger partial charge in [-0.3, -0.25) is 4.79 Å². The normalized spacial score (nSPS) is 10.8. The topological polar surface area (TPSA) is 78.2 Å². The van der Waals surface area contributed by atoms with Crippen LogP contribution in [0.4, 0.5) is 0 Å². The zero-order valence-corrected chi connectivity index (χ0v) is 12.5. The van der Waals surface area contributed by atoms with Gasteiger partial charge in [-0.1, -0.05) is 18.2 Å². The predicted octanol–water partition coefficient (Wildman–Crippen LogP) is 1.34. The fourth-order valence-electron chi connectivity index (χ4n) is 1.90. The van der Waals surface area contributed by atoms with E-state index in [1.54, 1.807) is 38.1 Å². The third-order valence-corrected chi connectivity index (χ3v) is 4.41. The Morgan fingerprint density at radius 3 is 2.40 bits per heavy atom. The van der Waals surface area contributed by atoms with Crippen molar-refractivity contribution in [3.8, 4) is 6.07 Å². The van der Waals surface area contributed by atoms with Crippen molar-refractivity contribution in [1.82, 2.24) is 4.90 Å². The molecule has 20 heavy (non-hydrogen) atoms. The molecule has 0 fully saturated rings. The first-order chi connectivity index (χ1) is 9.43. The molecule has 6 heteroatoms. The van der Waals surface area contributed by atoms with Crippen LogP contribution in [0.1, 0.15) is 25.0 Å². The second-order valence-corrected chi connectivity index (χ2v) is 6.43. The Bertz CT molecular complexity index is 614. The van der Waals surface area contributed by atoms with Crippen LogP contribution in [0.15, 0.2) is 24.3 Å². The number of sulfone groups is 1. The summed E-state index contributed by atoms with van der Waals surface area (Å²) in [4.78, 5) is 13.3. The summed E-state index contributed by atoms with van der Waals surface area (Å²) in [5.74, 6) is -1.21. The van der Waals surface area contributed by atoms with Crippen LogP contribution in [-0.4, -0.2) is 38.1 Å². The summed E-state index contributed by atoms with van der Waals surface area (Å²) in [6.45, 7) is 4.58. The molecule has 0 saturated carbocycles. The average molecular weight is 294 g/mol. The lowest BCUT2D eigenvalue weighted by atomic mass is 10.1. The van der Waals surface area contributed by atoms with Gasteiger partial charge in [0.1, 0.15) is 5.75 Å². The molecule has 1 aromatic carbocycles. The molecule has 0 heterocycles. The van der Waals surface area contributed by atoms with Crippen LogP contribution >= 0.6 is 0 Å². The van der Waals surface area contributed by atoms with Gasteiger partial charge in [0.2, 0.25) is 5.91 Å². The smallest absolute Gasteiger partial charge is 0.237 e. The number of nitriles is 1. The molecule has 0 unspecified atom stereocenters. The number of carbonyl (C=O) groups is 1. The van der Waals surface area contributed by atoms with Crippen LogP contribution in [0.5, 0.6) is 0 Å². The largest absolute Gasteiger partial charge is 0.342 e. The highest BCUT2D eigenvalue weighted by Crippen LogP contribution is 2.12. The van der Waals surface area contributed by atoms with E-state index in [0.29, 0.717) is 24.2 Å². The van der Waals surface area contributed by atoms with Gasteiger partial charge in [-0.2, -0.15) is 5.26 Å². The molecular formula is C14H18N2O3S. The standard InChI is InChI=1S/C14H18N2O3S/c1-3-16(4-2)14(17)11-20(18,19)10-13-8-6-5-7-12(13)9-15/h5-8H,3-4,10-11H2,1-2H3. The Kier molecular flexibility index (Phi) is 5.71. The summed E-state index contributed by atoms with van der Waals surface area (Å²) in [5.41, 5.74) is 0.758. The minimum atomic E-state index is -3.57. The van der Waals surface area contributed by atoms with Crippen molar-refractivity contribution in [1.29, 1.82) is 5.26 Å². The highest BCUT2D eigenvalue weighted by Gasteiger charge is 2.21. The van der Waals surface area contributed by atoms with E-state index in [1.165, 1.54) is 4.90 Å². The summed E-state index contributed by atoms with van der Waals surface area (Å²) in [6.07, 6.45) is 0. The number of hydrogen-bond donors (Lipinski definition) is 0. The van der Waals surface area contributed by atoms with E-state index in [9.17, 15) is 13.2 Å². The fourth-order valence-corrected chi connectivity index (χ4v) is 3.29. The van der Waals surface area contributed by atoms with Crippen molar-refractivity contribution in [2.45, 2.75) is 19.6 Å². The summed E-state index contributed by atoms with van der Waals surface area (Å²) < 4.78 is 24.1. The Hall–Kier alpha value is -1.87. The molecule has 0 N–H and O–H groups in total. The van der Waals surface area contributed by atoms with Gasteiger partial charge in [0, 0.05) is 13.1 Å². The monoisotopic (exact) mass is 294 g/mol. The maximum absolute atomic E-state index is 12.1. The third-order valence-electron chi connectivity index (χ3n) is 2.97. The lowest BCUT2D eigenvalue weighted by Gasteiger charge is -2.18. The predicted molar refractivity (Wildman–Crippen MR) is 76.6 cm³/mol. The van der Waals surface area contributed by atoms with Crippen molar-refractivity contribution >= 4 is 15.7 Å². The lowest BCUT2D eigenvalue weighted by Crippen LogP contribution is -2.35. The van der Waals surface area contributed by atoms with E-state index in [2.05, 4.69) is 0 Å². The van der Waals surface area contributed by atoms with Crippen molar-refractivity contribution in [3.63, 3.8) is 0 Å². The second kappa shape index (κ2) is 7.06. The van der Waals surface area contributed by atoms with Crippen LogP contribution in [0.25, 0.3) is 0 Å². The Balaban J connectivity index is 2.86. The van der Waals surface area contributed by atoms with E-state index in [-0.39, 0.29) is 5.75 Å². The maximum Gasteiger partial charge on any atom is 0.237 e. The molecule has 108 valence electrons. The van der Waals surface area contributed by atoms with Crippen LogP contribution in [-0.2, 0) is 20.4 Å². The summed E-state index contributed by atoms with van der Waals surface area (Å²) in [6, 6.07) is 8.47. The maximum atomic E-state index is 12.1. The van der Waals surface area contributed by atoms with E-state index in [4.69, 9.17) is 5.26 Å². The molecule has 0 aliphatic carbocycles. The zero-order valence-electron chi connectivity index (χ0n) is 11.7. The van der Waals surface area contributed by atoms with Gasteiger partial charge in [0.05, 0.1) is 17.4 Å². The first-order valence-electron chi connectivity index (χ1n) is 6.39. The molecule has 1 amide bonds. The number of amides is 1. The van der Waals surface area contributed by atoms with E-state index >= 15 is 0 Å². The second-order valence-electron chi connectivity index (χ2n) is 4.37. The number of rotatable bonds is 6. The summed E-state index contributed by atoms with van der Waals surface area (Å²) in [5, 5.41) is 8.94. The molecule has 0 atom stereocenters. The number of carbonyl (C=O) groups excluding carboxylic acids is 1. The Morgan fingerprint density at radius 2 is 1.85 bits per heavy atom. The number of benzene rings is 1. The average Bonchev–Trinajstić information content (AvgIpc) is 2.39. The highest BCUT2D eigenvalue weighted by molar-refractivity contribution is 7.91. The summed E-state index contributed by atoms with van der Waals surface area (Å²) in [7, 11) is -3.57. The van der Waals surface area contributed by atoms with Gasteiger partial charge in [-0.25, -0.2) is 8.42 Å². The molecule has 1 aromatic rings. The van der Waals surface area contributed by atoms with Gasteiger partial charge < -0.3 is 4.90 Å². The quantitative estimate of drug-likeness (QED) is 0.793. The van der Waals surface area contributed by atoms with Crippen LogP contribution < -0.4 is 0 Å². The first kappa shape index (κ1) is 16.2. The van der Waals surface area contributed by atoms with Crippen molar-refractivity contribution in [2.75, 3.05) is 18.8 Å². The molecule has 0 radical (unpaired) electrons. The molecule has 0 aliphatic heterocycles. The Labute approximate surface area is 119 Å². The van der Waals surface area contributed by atoms with Gasteiger partial charge in [0.15, 0.2) is 9.84 Å². The molecule has 0 bridgehead atoms. The van der Waals surface area contributed by atoms with Gasteiger partial charge >= 0.3 is 0 Å². The molecule has 5 nitrogen and oxygen atoms in total. The molecule has 0 saturated heterocycles. The van der Waals surface area contributed by atoms with E-state index < -0.39 is 21.5 Å². The van der Waals surface area contributed by atoms with Gasteiger partial charge in [-0.15, -0.1) is 0 Å². The highest BCUT2D eigenvalue weighted by atomic mass is 32.2. The minimum Gasteiger partial charge on any atom is -0.342 e. The Morgan fingerprint density at radius 1 is 1.25 bits per heavy atom. The van der Waals surface area contributed by atoms with E-state index in [1.807, 2.05) is 6.07 Å². The van der Waals surface area contributed by atoms with Crippen LogP contribution in [0.3, 0.4) is 0 Å². The fraction of sp³-hybridized carbons (Fsp3) is 0.429. The third kappa shape index (κ3) is 4.35. The van der Waals surface area contributed by atoms with E-state index in [0.717, 1.165) is 0 Å². The molecule has 0 aliphatic rings. The summed E-state index contributed by atoms with van der Waals surface area (Å²) >= 11 is 0. The number of hydrogen-bond acceptors (Lipinski definition) is 4. The molecule has 0 spiro atoms. The van der Waals surface area contributed by atoms with Crippen molar-refractivity contribution in [3.05, 3.63) is 35.4 Å². The van der Waals surface area contributed by atoms with Gasteiger partial charge in [-0.05, 0) is 25.5 Å². The van der Waals surface area contributed by atoms with Crippen molar-refractivity contribution in [2.24, 2.45) is 0 Å². The molecule has 1 rings (SSSR count). The zero-order chi connectivity index (χ0) is 15.2. The molecule has 0 aromatic heterocycles. The van der Waals surface area contributed by atoms with Crippen LogP contribution in [0, 0.1) is 11.3 Å².